The first-order valence-electron chi connectivity index (χ1n) is 9.67. The number of hydrogen-bond acceptors (Lipinski definition) is 6. The van der Waals surface area contributed by atoms with Crippen LogP contribution >= 0.6 is 11.6 Å². The summed E-state index contributed by atoms with van der Waals surface area (Å²) in [7, 11) is 0. The number of furan rings is 1. The van der Waals surface area contributed by atoms with E-state index in [-0.39, 0.29) is 6.42 Å². The number of piperazine rings is 1. The molecular formula is C21H25ClN2O5. The number of rotatable bonds is 8. The Balaban J connectivity index is 1.47. The lowest BCUT2D eigenvalue weighted by Gasteiger charge is -2.37. The molecule has 1 saturated heterocycles. The first kappa shape index (κ1) is 21.4. The van der Waals surface area contributed by atoms with Crippen LogP contribution in [0.25, 0.3) is 0 Å². The van der Waals surface area contributed by atoms with Crippen LogP contribution in [0, 0.1) is 0 Å². The Kier molecular flexibility index (Phi) is 7.30. The quantitative estimate of drug-likeness (QED) is 0.677. The minimum Gasteiger partial charge on any atom is -0.469 e. The fourth-order valence-corrected chi connectivity index (χ4v) is 3.67. The van der Waals surface area contributed by atoms with E-state index in [9.17, 15) is 19.8 Å². The zero-order chi connectivity index (χ0) is 20.8. The summed E-state index contributed by atoms with van der Waals surface area (Å²) in [6.45, 7) is 1.85. The summed E-state index contributed by atoms with van der Waals surface area (Å²) in [4.78, 5) is 28.2. The standard InChI is InChI=1S/C21H25ClN2O5/c22-16-7-1-2-8-17(16)23-10-12-24(13-11-23)21(28)20(27)19(26)18(25)9-3-5-15-6-4-14-29-15/h1-2,4,6-8,14,19-20,26-27H,3,5,9-13H2/t19-,20?/m0/s1. The van der Waals surface area contributed by atoms with Crippen molar-refractivity contribution in [1.82, 2.24) is 4.90 Å². The molecule has 0 aliphatic carbocycles. The van der Waals surface area contributed by atoms with Crippen molar-refractivity contribution in [1.29, 1.82) is 0 Å². The van der Waals surface area contributed by atoms with Crippen molar-refractivity contribution in [3.05, 3.63) is 53.4 Å². The first-order chi connectivity index (χ1) is 14.0. The highest BCUT2D eigenvalue weighted by Gasteiger charge is 2.34. The third kappa shape index (κ3) is 5.38. The van der Waals surface area contributed by atoms with Gasteiger partial charge < -0.3 is 24.4 Å². The normalized spacial score (nSPS) is 16.5. The number of Topliss-reactive ketones (excluding diaryl/α,β-unsaturated/α-hetero) is 1. The molecule has 2 aromatic rings. The Morgan fingerprint density at radius 2 is 1.76 bits per heavy atom. The first-order valence-corrected chi connectivity index (χ1v) is 10.0. The molecule has 0 bridgehead atoms. The van der Waals surface area contributed by atoms with Gasteiger partial charge in [0, 0.05) is 39.0 Å². The van der Waals surface area contributed by atoms with E-state index in [2.05, 4.69) is 4.90 Å². The van der Waals surface area contributed by atoms with E-state index in [0.29, 0.717) is 44.0 Å². The second kappa shape index (κ2) is 9.91. The predicted octanol–water partition coefficient (Wildman–Crippen LogP) is 1.90. The van der Waals surface area contributed by atoms with Gasteiger partial charge in [0.25, 0.3) is 5.91 Å². The molecule has 156 valence electrons. The topological polar surface area (TPSA) is 94.2 Å². The van der Waals surface area contributed by atoms with Crippen LogP contribution in [0.1, 0.15) is 18.6 Å². The highest BCUT2D eigenvalue weighted by Crippen LogP contribution is 2.26. The zero-order valence-electron chi connectivity index (χ0n) is 16.0. The Labute approximate surface area is 174 Å². The second-order valence-corrected chi connectivity index (χ2v) is 7.46. The summed E-state index contributed by atoms with van der Waals surface area (Å²) in [5.41, 5.74) is 0.897. The highest BCUT2D eigenvalue weighted by atomic mass is 35.5. The summed E-state index contributed by atoms with van der Waals surface area (Å²) in [6.07, 6.45) is -0.828. The molecule has 1 unspecified atom stereocenters. The maximum absolute atomic E-state index is 12.5. The minimum absolute atomic E-state index is 0.0620. The Morgan fingerprint density at radius 3 is 2.41 bits per heavy atom. The number of nitrogens with zero attached hydrogens (tertiary/aromatic N) is 2. The van der Waals surface area contributed by atoms with Gasteiger partial charge in [-0.15, -0.1) is 0 Å². The average molecular weight is 421 g/mol. The number of aliphatic hydroxyl groups is 2. The molecule has 0 saturated carbocycles. The molecule has 1 aliphatic heterocycles. The monoisotopic (exact) mass is 420 g/mol. The number of para-hydroxylation sites is 1. The predicted molar refractivity (Wildman–Crippen MR) is 109 cm³/mol. The fourth-order valence-electron chi connectivity index (χ4n) is 3.41. The number of hydrogen-bond donors (Lipinski definition) is 2. The summed E-state index contributed by atoms with van der Waals surface area (Å²) in [5.74, 6) is -0.428. The van der Waals surface area contributed by atoms with Crippen molar-refractivity contribution in [2.45, 2.75) is 31.5 Å². The van der Waals surface area contributed by atoms with Crippen molar-refractivity contribution in [2.24, 2.45) is 0 Å². The molecule has 1 aromatic carbocycles. The van der Waals surface area contributed by atoms with Crippen LogP contribution < -0.4 is 4.90 Å². The number of amides is 1. The molecule has 8 heteroatoms. The van der Waals surface area contributed by atoms with E-state index in [1.807, 2.05) is 30.3 Å². The molecule has 2 atom stereocenters. The molecule has 2 N–H and O–H groups in total. The lowest BCUT2D eigenvalue weighted by atomic mass is 10.0. The smallest absolute Gasteiger partial charge is 0.254 e. The van der Waals surface area contributed by atoms with Crippen molar-refractivity contribution in [3.63, 3.8) is 0 Å². The van der Waals surface area contributed by atoms with Crippen molar-refractivity contribution in [3.8, 4) is 0 Å². The third-order valence-corrected chi connectivity index (χ3v) is 5.41. The summed E-state index contributed by atoms with van der Waals surface area (Å²) >= 11 is 6.22. The van der Waals surface area contributed by atoms with Crippen molar-refractivity contribution < 1.29 is 24.2 Å². The molecule has 1 aromatic heterocycles. The van der Waals surface area contributed by atoms with E-state index in [1.165, 1.54) is 4.90 Å². The van der Waals surface area contributed by atoms with Crippen LogP contribution in [0.15, 0.2) is 47.1 Å². The molecule has 3 rings (SSSR count). The lowest BCUT2D eigenvalue weighted by Crippen LogP contribution is -2.54. The molecule has 0 spiro atoms. The number of ketones is 1. The van der Waals surface area contributed by atoms with Crippen LogP contribution in [-0.4, -0.2) is 65.2 Å². The molecular weight excluding hydrogens is 396 g/mol. The van der Waals surface area contributed by atoms with Crippen molar-refractivity contribution >= 4 is 29.0 Å². The number of benzene rings is 1. The molecule has 1 aliphatic rings. The number of halogens is 1. The van der Waals surface area contributed by atoms with Crippen LogP contribution in [0.2, 0.25) is 5.02 Å². The number of aliphatic hydroxyl groups excluding tert-OH is 2. The Morgan fingerprint density at radius 1 is 1.03 bits per heavy atom. The van der Waals surface area contributed by atoms with Gasteiger partial charge in [0.2, 0.25) is 0 Å². The zero-order valence-corrected chi connectivity index (χ0v) is 16.8. The lowest BCUT2D eigenvalue weighted by molar-refractivity contribution is -0.152. The van der Waals surface area contributed by atoms with Crippen molar-refractivity contribution in [2.75, 3.05) is 31.1 Å². The third-order valence-electron chi connectivity index (χ3n) is 5.09. The Bertz CT molecular complexity index is 818. The van der Waals surface area contributed by atoms with E-state index in [4.69, 9.17) is 16.0 Å². The van der Waals surface area contributed by atoms with Crippen LogP contribution in [0.5, 0.6) is 0 Å². The molecule has 7 nitrogen and oxygen atoms in total. The van der Waals surface area contributed by atoms with E-state index in [0.717, 1.165) is 11.4 Å². The Hall–Kier alpha value is -2.35. The van der Waals surface area contributed by atoms with Gasteiger partial charge in [0.05, 0.1) is 17.0 Å². The fraction of sp³-hybridized carbons (Fsp3) is 0.429. The SMILES string of the molecule is O=C(CCCc1ccco1)[C@H](O)C(O)C(=O)N1CCN(c2ccccc2Cl)CC1. The number of carbonyl (C=O) groups is 2. The maximum atomic E-state index is 12.5. The summed E-state index contributed by atoms with van der Waals surface area (Å²) < 4.78 is 5.19. The van der Waals surface area contributed by atoms with E-state index >= 15 is 0 Å². The van der Waals surface area contributed by atoms with E-state index < -0.39 is 23.9 Å². The summed E-state index contributed by atoms with van der Waals surface area (Å²) in [5, 5.41) is 21.0. The molecule has 29 heavy (non-hydrogen) atoms. The molecule has 1 fully saturated rings. The van der Waals surface area contributed by atoms with Gasteiger partial charge >= 0.3 is 0 Å². The molecule has 1 amide bonds. The molecule has 0 radical (unpaired) electrons. The maximum Gasteiger partial charge on any atom is 0.254 e. The second-order valence-electron chi connectivity index (χ2n) is 7.05. The van der Waals surface area contributed by atoms with Gasteiger partial charge in [0.15, 0.2) is 11.9 Å². The van der Waals surface area contributed by atoms with Gasteiger partial charge in [-0.25, -0.2) is 0 Å². The number of anilines is 1. The van der Waals surface area contributed by atoms with Gasteiger partial charge in [-0.3, -0.25) is 9.59 Å². The van der Waals surface area contributed by atoms with Gasteiger partial charge in [0.1, 0.15) is 11.9 Å². The number of carbonyl (C=O) groups excluding carboxylic acids is 2. The molecule has 2 heterocycles. The largest absolute Gasteiger partial charge is 0.469 e. The van der Waals surface area contributed by atoms with E-state index in [1.54, 1.807) is 12.3 Å². The minimum atomic E-state index is -1.75. The summed E-state index contributed by atoms with van der Waals surface area (Å²) in [6, 6.07) is 11.1. The van der Waals surface area contributed by atoms with Crippen LogP contribution in [0.4, 0.5) is 5.69 Å². The number of aryl methyl sites for hydroxylation is 1. The van der Waals surface area contributed by atoms with Gasteiger partial charge in [-0.2, -0.15) is 0 Å². The average Bonchev–Trinajstić information content (AvgIpc) is 3.26. The highest BCUT2D eigenvalue weighted by molar-refractivity contribution is 6.33. The van der Waals surface area contributed by atoms with Crippen LogP contribution in [-0.2, 0) is 16.0 Å². The van der Waals surface area contributed by atoms with Gasteiger partial charge in [-0.1, -0.05) is 23.7 Å². The van der Waals surface area contributed by atoms with Crippen LogP contribution in [0.3, 0.4) is 0 Å². The van der Waals surface area contributed by atoms with Gasteiger partial charge in [-0.05, 0) is 30.7 Å².